The van der Waals surface area contributed by atoms with Gasteiger partial charge in [-0.15, -0.1) is 0 Å². The molecule has 7 heteroatoms. The van der Waals surface area contributed by atoms with Crippen LogP contribution in [0.2, 0.25) is 0 Å². The first-order valence-corrected chi connectivity index (χ1v) is 6.76. The number of anilines is 1. The molecule has 114 valence electrons. The number of halogens is 3. The number of urea groups is 1. The number of fused-ring (bicyclic) bond motifs is 1. The smallest absolute Gasteiger partial charge is 0.393 e. The van der Waals surface area contributed by atoms with Crippen molar-refractivity contribution in [3.63, 3.8) is 0 Å². The molecule has 1 aliphatic heterocycles. The molecule has 2 N–H and O–H groups in total. The lowest BCUT2D eigenvalue weighted by molar-refractivity contribution is -0.136. The van der Waals surface area contributed by atoms with Crippen LogP contribution in [0.5, 0.6) is 0 Å². The number of para-hydroxylation sites is 1. The zero-order chi connectivity index (χ0) is 15.2. The van der Waals surface area contributed by atoms with Gasteiger partial charge in [0.25, 0.3) is 0 Å². The summed E-state index contributed by atoms with van der Waals surface area (Å²) in [6.45, 7) is 0.883. The SMILES string of the molecule is O=C(Nc1ccccc1C(F)(F)F)N1C[C@H]2C[C@H](O)[C@H]2C1. The highest BCUT2D eigenvalue weighted by molar-refractivity contribution is 5.90. The first kappa shape index (κ1) is 14.2. The molecule has 21 heavy (non-hydrogen) atoms. The van der Waals surface area contributed by atoms with E-state index in [0.717, 1.165) is 6.07 Å². The van der Waals surface area contributed by atoms with Gasteiger partial charge in [0, 0.05) is 19.0 Å². The van der Waals surface area contributed by atoms with Gasteiger partial charge in [0.15, 0.2) is 0 Å². The second-order valence-corrected chi connectivity index (χ2v) is 5.61. The van der Waals surface area contributed by atoms with E-state index in [2.05, 4.69) is 5.32 Å². The summed E-state index contributed by atoms with van der Waals surface area (Å²) in [7, 11) is 0. The maximum atomic E-state index is 12.9. The number of hydrogen-bond acceptors (Lipinski definition) is 2. The van der Waals surface area contributed by atoms with E-state index in [0.29, 0.717) is 19.5 Å². The molecule has 1 heterocycles. The molecule has 1 aromatic rings. The third-order valence-electron chi connectivity index (χ3n) is 4.29. The molecular formula is C14H15F3N2O2. The third kappa shape index (κ3) is 2.57. The summed E-state index contributed by atoms with van der Waals surface area (Å²) in [5.74, 6) is 0.331. The number of benzene rings is 1. The molecule has 3 atom stereocenters. The van der Waals surface area contributed by atoms with Gasteiger partial charge in [-0.1, -0.05) is 12.1 Å². The maximum absolute atomic E-state index is 12.9. The van der Waals surface area contributed by atoms with Crippen LogP contribution in [-0.2, 0) is 6.18 Å². The van der Waals surface area contributed by atoms with E-state index >= 15 is 0 Å². The minimum Gasteiger partial charge on any atom is -0.393 e. The lowest BCUT2D eigenvalue weighted by Crippen LogP contribution is -2.40. The van der Waals surface area contributed by atoms with Gasteiger partial charge in [-0.25, -0.2) is 4.79 Å². The number of nitrogens with zero attached hydrogens (tertiary/aromatic N) is 1. The number of aliphatic hydroxyl groups excluding tert-OH is 1. The molecule has 1 saturated carbocycles. The van der Waals surface area contributed by atoms with E-state index in [4.69, 9.17) is 0 Å². The fourth-order valence-corrected chi connectivity index (χ4v) is 3.07. The topological polar surface area (TPSA) is 52.6 Å². The highest BCUT2D eigenvalue weighted by atomic mass is 19.4. The van der Waals surface area contributed by atoms with Gasteiger partial charge in [-0.05, 0) is 24.5 Å². The fourth-order valence-electron chi connectivity index (χ4n) is 3.07. The Hall–Kier alpha value is -1.76. The molecule has 2 aliphatic rings. The summed E-state index contributed by atoms with van der Waals surface area (Å²) in [4.78, 5) is 13.6. The lowest BCUT2D eigenvalue weighted by Gasteiger charge is -2.34. The summed E-state index contributed by atoms with van der Waals surface area (Å²) < 4.78 is 38.6. The summed E-state index contributed by atoms with van der Waals surface area (Å²) in [5.41, 5.74) is -1.10. The van der Waals surface area contributed by atoms with E-state index in [9.17, 15) is 23.1 Å². The van der Waals surface area contributed by atoms with Crippen molar-refractivity contribution < 1.29 is 23.1 Å². The molecule has 0 bridgehead atoms. The van der Waals surface area contributed by atoms with Crippen LogP contribution in [0.25, 0.3) is 0 Å². The van der Waals surface area contributed by atoms with Gasteiger partial charge >= 0.3 is 12.2 Å². The van der Waals surface area contributed by atoms with Gasteiger partial charge in [0.05, 0.1) is 17.4 Å². The minimum absolute atomic E-state index is 0.0635. The second kappa shape index (κ2) is 4.91. The highest BCUT2D eigenvalue weighted by Gasteiger charge is 2.47. The number of carbonyl (C=O) groups excluding carboxylic acids is 1. The van der Waals surface area contributed by atoms with Crippen LogP contribution < -0.4 is 5.32 Å². The lowest BCUT2D eigenvalue weighted by atomic mass is 9.74. The van der Waals surface area contributed by atoms with Crippen LogP contribution in [0.15, 0.2) is 24.3 Å². The van der Waals surface area contributed by atoms with E-state index < -0.39 is 23.9 Å². The molecule has 1 aliphatic carbocycles. The molecule has 0 unspecified atom stereocenters. The molecule has 2 fully saturated rings. The number of aliphatic hydroxyl groups is 1. The Labute approximate surface area is 119 Å². The van der Waals surface area contributed by atoms with Crippen molar-refractivity contribution in [2.75, 3.05) is 18.4 Å². The van der Waals surface area contributed by atoms with Gasteiger partial charge in [0.1, 0.15) is 0 Å². The van der Waals surface area contributed by atoms with E-state index in [1.54, 1.807) is 0 Å². The summed E-state index contributed by atoms with van der Waals surface area (Å²) in [6.07, 6.45) is -4.24. The van der Waals surface area contributed by atoms with Crippen molar-refractivity contribution in [2.45, 2.75) is 18.7 Å². The minimum atomic E-state index is -4.51. The number of nitrogens with one attached hydrogen (secondary N) is 1. The van der Waals surface area contributed by atoms with Crippen LogP contribution >= 0.6 is 0 Å². The van der Waals surface area contributed by atoms with Gasteiger partial charge in [0.2, 0.25) is 0 Å². The number of amides is 2. The van der Waals surface area contributed by atoms with Gasteiger partial charge in [-0.2, -0.15) is 13.2 Å². The predicted octanol–water partition coefficient (Wildman–Crippen LogP) is 2.55. The quantitative estimate of drug-likeness (QED) is 0.837. The van der Waals surface area contributed by atoms with Crippen molar-refractivity contribution >= 4 is 11.7 Å². The number of hydrogen-bond donors (Lipinski definition) is 2. The van der Waals surface area contributed by atoms with Crippen LogP contribution in [0.1, 0.15) is 12.0 Å². The Balaban J connectivity index is 1.71. The van der Waals surface area contributed by atoms with Gasteiger partial charge < -0.3 is 15.3 Å². The molecule has 3 rings (SSSR count). The van der Waals surface area contributed by atoms with Crippen molar-refractivity contribution in [2.24, 2.45) is 11.8 Å². The zero-order valence-corrected chi connectivity index (χ0v) is 11.1. The fraction of sp³-hybridized carbons (Fsp3) is 0.500. The number of alkyl halides is 3. The maximum Gasteiger partial charge on any atom is 0.418 e. The first-order valence-electron chi connectivity index (χ1n) is 6.76. The Kier molecular flexibility index (Phi) is 3.32. The predicted molar refractivity (Wildman–Crippen MR) is 69.6 cm³/mol. The van der Waals surface area contributed by atoms with E-state index in [-0.39, 0.29) is 17.5 Å². The molecule has 1 saturated heterocycles. The molecule has 0 radical (unpaired) electrons. The van der Waals surface area contributed by atoms with Crippen LogP contribution in [0.4, 0.5) is 23.7 Å². The summed E-state index contributed by atoms with van der Waals surface area (Å²) in [5, 5.41) is 11.9. The molecule has 1 aromatic carbocycles. The van der Waals surface area contributed by atoms with Crippen molar-refractivity contribution in [3.05, 3.63) is 29.8 Å². The zero-order valence-electron chi connectivity index (χ0n) is 11.1. The molecule has 0 spiro atoms. The summed E-state index contributed by atoms with van der Waals surface area (Å²) >= 11 is 0. The Morgan fingerprint density at radius 1 is 1.29 bits per heavy atom. The Bertz CT molecular complexity index is 561. The normalized spacial score (nSPS) is 28.0. The number of carbonyl (C=O) groups is 1. The molecule has 0 aromatic heterocycles. The molecule has 4 nitrogen and oxygen atoms in total. The van der Waals surface area contributed by atoms with Crippen molar-refractivity contribution in [1.29, 1.82) is 0 Å². The highest BCUT2D eigenvalue weighted by Crippen LogP contribution is 2.41. The van der Waals surface area contributed by atoms with Crippen LogP contribution in [0, 0.1) is 11.8 Å². The third-order valence-corrected chi connectivity index (χ3v) is 4.29. The van der Waals surface area contributed by atoms with Gasteiger partial charge in [-0.3, -0.25) is 0 Å². The van der Waals surface area contributed by atoms with Crippen molar-refractivity contribution in [3.8, 4) is 0 Å². The first-order chi connectivity index (χ1) is 9.86. The Morgan fingerprint density at radius 3 is 2.62 bits per heavy atom. The van der Waals surface area contributed by atoms with Crippen LogP contribution in [0.3, 0.4) is 0 Å². The van der Waals surface area contributed by atoms with Crippen molar-refractivity contribution in [1.82, 2.24) is 4.90 Å². The van der Waals surface area contributed by atoms with E-state index in [1.165, 1.54) is 23.1 Å². The molecular weight excluding hydrogens is 285 g/mol. The largest absolute Gasteiger partial charge is 0.418 e. The number of rotatable bonds is 1. The molecule has 2 amide bonds. The Morgan fingerprint density at radius 2 is 2.00 bits per heavy atom. The second-order valence-electron chi connectivity index (χ2n) is 5.61. The van der Waals surface area contributed by atoms with Crippen LogP contribution in [-0.4, -0.2) is 35.2 Å². The summed E-state index contributed by atoms with van der Waals surface area (Å²) in [6, 6.07) is 4.36. The number of likely N-dealkylation sites (tertiary alicyclic amines) is 1. The standard InChI is InChI=1S/C14H15F3N2O2/c15-14(16,17)10-3-1-2-4-11(10)18-13(21)19-6-8-5-12(20)9(8)7-19/h1-4,8-9,12,20H,5-7H2,(H,18,21)/t8-,9+,12+/m1/s1. The average Bonchev–Trinajstić information content (AvgIpc) is 2.75. The van der Waals surface area contributed by atoms with E-state index in [1.807, 2.05) is 0 Å². The average molecular weight is 300 g/mol. The monoisotopic (exact) mass is 300 g/mol.